The lowest BCUT2D eigenvalue weighted by molar-refractivity contribution is -0.145. The molecular formula is C14H13F3O3. The minimum absolute atomic E-state index is 0.0495. The van der Waals surface area contributed by atoms with Gasteiger partial charge in [0.05, 0.1) is 13.2 Å². The average molecular weight is 286 g/mol. The van der Waals surface area contributed by atoms with Gasteiger partial charge in [0.1, 0.15) is 11.9 Å². The first-order valence-electron chi connectivity index (χ1n) is 6.08. The molecule has 0 bridgehead atoms. The van der Waals surface area contributed by atoms with E-state index in [-0.39, 0.29) is 12.0 Å². The molecule has 0 radical (unpaired) electrons. The SMILES string of the molecule is COC1=CC(=O)O[C@@H](CCc2ccc(F)c(F)c2F)C1. The topological polar surface area (TPSA) is 35.5 Å². The Morgan fingerprint density at radius 3 is 2.75 bits per heavy atom. The molecule has 1 aromatic carbocycles. The number of carbonyl (C=O) groups excluding carboxylic acids is 1. The molecule has 3 nitrogen and oxygen atoms in total. The van der Waals surface area contributed by atoms with Crippen molar-refractivity contribution in [3.63, 3.8) is 0 Å². The predicted molar refractivity (Wildman–Crippen MR) is 64.2 cm³/mol. The Balaban J connectivity index is 2.01. The van der Waals surface area contributed by atoms with E-state index in [0.29, 0.717) is 18.6 Å². The zero-order valence-corrected chi connectivity index (χ0v) is 10.8. The lowest BCUT2D eigenvalue weighted by Gasteiger charge is -2.22. The number of ether oxygens (including phenoxy) is 2. The minimum Gasteiger partial charge on any atom is -0.501 e. The van der Waals surface area contributed by atoms with Gasteiger partial charge in [-0.15, -0.1) is 0 Å². The van der Waals surface area contributed by atoms with E-state index >= 15 is 0 Å². The standard InChI is InChI=1S/C14H13F3O3/c1-19-10-6-9(20-12(18)7-10)4-2-8-3-5-11(15)14(17)13(8)16/h3,5,7,9H,2,4,6H2,1H3/t9-/m0/s1. The van der Waals surface area contributed by atoms with Crippen LogP contribution in [0, 0.1) is 17.5 Å². The monoisotopic (exact) mass is 286 g/mol. The third-order valence-corrected chi connectivity index (χ3v) is 3.10. The van der Waals surface area contributed by atoms with E-state index in [1.165, 1.54) is 19.3 Å². The molecule has 1 heterocycles. The zero-order valence-electron chi connectivity index (χ0n) is 10.8. The molecule has 0 saturated carbocycles. The summed E-state index contributed by atoms with van der Waals surface area (Å²) in [6, 6.07) is 2.06. The minimum atomic E-state index is -1.49. The highest BCUT2D eigenvalue weighted by molar-refractivity contribution is 5.83. The maximum Gasteiger partial charge on any atom is 0.334 e. The number of carbonyl (C=O) groups is 1. The molecule has 0 aromatic heterocycles. The van der Waals surface area contributed by atoms with Gasteiger partial charge in [0, 0.05) is 6.42 Å². The average Bonchev–Trinajstić information content (AvgIpc) is 2.43. The van der Waals surface area contributed by atoms with E-state index in [0.717, 1.165) is 6.07 Å². The Morgan fingerprint density at radius 2 is 2.05 bits per heavy atom. The van der Waals surface area contributed by atoms with Crippen molar-refractivity contribution in [2.45, 2.75) is 25.4 Å². The van der Waals surface area contributed by atoms with Gasteiger partial charge in [-0.25, -0.2) is 18.0 Å². The van der Waals surface area contributed by atoms with Crippen LogP contribution in [0.3, 0.4) is 0 Å². The molecule has 6 heteroatoms. The largest absolute Gasteiger partial charge is 0.501 e. The molecule has 0 aliphatic carbocycles. The third kappa shape index (κ3) is 3.12. The summed E-state index contributed by atoms with van der Waals surface area (Å²) < 4.78 is 49.4. The molecule has 1 aliphatic rings. The Morgan fingerprint density at radius 1 is 1.30 bits per heavy atom. The van der Waals surface area contributed by atoms with E-state index in [1.54, 1.807) is 0 Å². The zero-order chi connectivity index (χ0) is 14.7. The molecule has 0 amide bonds. The van der Waals surface area contributed by atoms with Gasteiger partial charge in [-0.3, -0.25) is 0 Å². The van der Waals surface area contributed by atoms with E-state index in [2.05, 4.69) is 0 Å². The second-order valence-corrected chi connectivity index (χ2v) is 4.45. The van der Waals surface area contributed by atoms with Crippen LogP contribution in [0.25, 0.3) is 0 Å². The molecule has 20 heavy (non-hydrogen) atoms. The highest BCUT2D eigenvalue weighted by atomic mass is 19.2. The molecule has 0 fully saturated rings. The molecular weight excluding hydrogens is 273 g/mol. The summed E-state index contributed by atoms with van der Waals surface area (Å²) in [5, 5.41) is 0. The molecule has 108 valence electrons. The summed E-state index contributed by atoms with van der Waals surface area (Å²) in [7, 11) is 1.44. The Labute approximate surface area is 114 Å². The number of methoxy groups -OCH3 is 1. The smallest absolute Gasteiger partial charge is 0.334 e. The number of rotatable bonds is 4. The van der Waals surface area contributed by atoms with Gasteiger partial charge in [-0.2, -0.15) is 0 Å². The first-order valence-corrected chi connectivity index (χ1v) is 6.08. The number of hydrogen-bond donors (Lipinski definition) is 0. The fourth-order valence-electron chi connectivity index (χ4n) is 2.03. The van der Waals surface area contributed by atoms with Crippen LogP contribution in [0.15, 0.2) is 24.0 Å². The van der Waals surface area contributed by atoms with Crippen LogP contribution in [0.2, 0.25) is 0 Å². The van der Waals surface area contributed by atoms with Crippen LogP contribution in [-0.4, -0.2) is 19.2 Å². The second-order valence-electron chi connectivity index (χ2n) is 4.45. The third-order valence-electron chi connectivity index (χ3n) is 3.10. The highest BCUT2D eigenvalue weighted by Gasteiger charge is 2.23. The van der Waals surface area contributed by atoms with E-state index < -0.39 is 29.5 Å². The van der Waals surface area contributed by atoms with Crippen LogP contribution in [0.4, 0.5) is 13.2 Å². The summed E-state index contributed by atoms with van der Waals surface area (Å²) in [5.74, 6) is -3.95. The van der Waals surface area contributed by atoms with Crippen molar-refractivity contribution >= 4 is 5.97 Å². The quantitative estimate of drug-likeness (QED) is 0.630. The number of esters is 1. The number of hydrogen-bond acceptors (Lipinski definition) is 3. The number of cyclic esters (lactones) is 1. The highest BCUT2D eigenvalue weighted by Crippen LogP contribution is 2.22. The van der Waals surface area contributed by atoms with Crippen molar-refractivity contribution in [1.82, 2.24) is 0 Å². The van der Waals surface area contributed by atoms with E-state index in [9.17, 15) is 18.0 Å². The number of benzene rings is 1. The first-order chi connectivity index (χ1) is 9.51. The Hall–Kier alpha value is -1.98. The summed E-state index contributed by atoms with van der Waals surface area (Å²) in [5.41, 5.74) is 0.0495. The Kier molecular flexibility index (Phi) is 4.32. The van der Waals surface area contributed by atoms with Crippen LogP contribution in [0.1, 0.15) is 18.4 Å². The molecule has 0 saturated heterocycles. The molecule has 2 rings (SSSR count). The van der Waals surface area contributed by atoms with Gasteiger partial charge in [0.25, 0.3) is 0 Å². The van der Waals surface area contributed by atoms with Gasteiger partial charge >= 0.3 is 5.97 Å². The maximum atomic E-state index is 13.5. The van der Waals surface area contributed by atoms with Crippen LogP contribution in [0.5, 0.6) is 0 Å². The van der Waals surface area contributed by atoms with Crippen LogP contribution >= 0.6 is 0 Å². The molecule has 0 unspecified atom stereocenters. The molecule has 1 aromatic rings. The van der Waals surface area contributed by atoms with E-state index in [4.69, 9.17) is 9.47 Å². The van der Waals surface area contributed by atoms with Crippen molar-refractivity contribution < 1.29 is 27.4 Å². The van der Waals surface area contributed by atoms with Crippen molar-refractivity contribution in [2.24, 2.45) is 0 Å². The molecule has 1 atom stereocenters. The van der Waals surface area contributed by atoms with Gasteiger partial charge in [0.15, 0.2) is 17.5 Å². The second kappa shape index (κ2) is 5.98. The summed E-state index contributed by atoms with van der Waals surface area (Å²) in [6.45, 7) is 0. The lowest BCUT2D eigenvalue weighted by Crippen LogP contribution is -2.24. The van der Waals surface area contributed by atoms with Crippen molar-refractivity contribution in [2.75, 3.05) is 7.11 Å². The van der Waals surface area contributed by atoms with Gasteiger partial charge in [0.2, 0.25) is 0 Å². The molecule has 0 N–H and O–H groups in total. The van der Waals surface area contributed by atoms with Gasteiger partial charge < -0.3 is 9.47 Å². The van der Waals surface area contributed by atoms with Crippen molar-refractivity contribution in [3.8, 4) is 0 Å². The van der Waals surface area contributed by atoms with Crippen molar-refractivity contribution in [3.05, 3.63) is 47.0 Å². The molecule has 0 spiro atoms. The fourth-order valence-corrected chi connectivity index (χ4v) is 2.03. The summed E-state index contributed by atoms with van der Waals surface area (Å²) in [6.07, 6.45) is 1.60. The van der Waals surface area contributed by atoms with Crippen LogP contribution < -0.4 is 0 Å². The van der Waals surface area contributed by atoms with E-state index in [1.807, 2.05) is 0 Å². The summed E-state index contributed by atoms with van der Waals surface area (Å²) in [4.78, 5) is 11.3. The normalized spacial score (nSPS) is 18.5. The first kappa shape index (κ1) is 14.4. The fraction of sp³-hybridized carbons (Fsp3) is 0.357. The lowest BCUT2D eigenvalue weighted by atomic mass is 10.0. The van der Waals surface area contributed by atoms with Gasteiger partial charge in [-0.05, 0) is 24.5 Å². The molecule has 1 aliphatic heterocycles. The summed E-state index contributed by atoms with van der Waals surface area (Å²) >= 11 is 0. The Bertz CT molecular complexity index is 555. The number of aryl methyl sites for hydroxylation is 1. The number of halogens is 3. The van der Waals surface area contributed by atoms with Crippen LogP contribution in [-0.2, 0) is 20.7 Å². The predicted octanol–water partition coefficient (Wildman–Crippen LogP) is 2.88. The maximum absolute atomic E-state index is 13.5. The van der Waals surface area contributed by atoms with Gasteiger partial charge in [-0.1, -0.05) is 6.07 Å². The van der Waals surface area contributed by atoms with Crippen molar-refractivity contribution in [1.29, 1.82) is 0 Å².